The first-order chi connectivity index (χ1) is 13.5. The molecular formula is C20H22N2O6. The number of esters is 1. The number of carbonyl (C=O) groups is 3. The van der Waals surface area contributed by atoms with Gasteiger partial charge in [-0.25, -0.2) is 9.59 Å². The summed E-state index contributed by atoms with van der Waals surface area (Å²) < 4.78 is 16.3. The summed E-state index contributed by atoms with van der Waals surface area (Å²) in [5.74, 6) is -0.445. The molecule has 0 aliphatic heterocycles. The minimum absolute atomic E-state index is 0.168. The van der Waals surface area contributed by atoms with Crippen LogP contribution in [0.2, 0.25) is 0 Å². The molecule has 0 aliphatic rings. The summed E-state index contributed by atoms with van der Waals surface area (Å²) >= 11 is 0. The van der Waals surface area contributed by atoms with Gasteiger partial charge in [-0.05, 0) is 31.2 Å². The maximum atomic E-state index is 12.4. The summed E-state index contributed by atoms with van der Waals surface area (Å²) in [7, 11) is 1.37. The highest BCUT2D eigenvalue weighted by Crippen LogP contribution is 2.20. The number of benzene rings is 2. The van der Waals surface area contributed by atoms with Gasteiger partial charge in [0.1, 0.15) is 30.3 Å². The standard InChI is InChI=1S/C20H22N2O6/c1-14(18(23)22-20(25)21-2)28-19(24)16-10-6-7-11-17(16)27-13-12-26-15-8-4-3-5-9-15/h3-11,14H,12-13H2,1-2H3,(H2,21,22,23,25)/t14-/m1/s1. The van der Waals surface area contributed by atoms with Crippen molar-refractivity contribution < 1.29 is 28.6 Å². The van der Waals surface area contributed by atoms with E-state index in [2.05, 4.69) is 5.32 Å². The lowest BCUT2D eigenvalue weighted by atomic mass is 10.2. The van der Waals surface area contributed by atoms with Crippen molar-refractivity contribution in [2.24, 2.45) is 0 Å². The molecule has 3 amide bonds. The maximum Gasteiger partial charge on any atom is 0.342 e. The molecule has 0 heterocycles. The van der Waals surface area contributed by atoms with Crippen molar-refractivity contribution in [1.82, 2.24) is 10.6 Å². The molecule has 0 unspecified atom stereocenters. The number of carbonyl (C=O) groups excluding carboxylic acids is 3. The van der Waals surface area contributed by atoms with Crippen molar-refractivity contribution in [2.75, 3.05) is 20.3 Å². The van der Waals surface area contributed by atoms with Crippen molar-refractivity contribution in [3.8, 4) is 11.5 Å². The molecular weight excluding hydrogens is 364 g/mol. The number of imide groups is 1. The fraction of sp³-hybridized carbons (Fsp3) is 0.250. The van der Waals surface area contributed by atoms with E-state index < -0.39 is 24.0 Å². The van der Waals surface area contributed by atoms with Crippen LogP contribution in [-0.4, -0.2) is 44.3 Å². The average Bonchev–Trinajstić information content (AvgIpc) is 2.72. The number of hydrogen-bond acceptors (Lipinski definition) is 6. The number of amides is 3. The molecule has 2 rings (SSSR count). The third-order valence-electron chi connectivity index (χ3n) is 3.58. The van der Waals surface area contributed by atoms with E-state index in [1.165, 1.54) is 20.0 Å². The average molecular weight is 386 g/mol. The van der Waals surface area contributed by atoms with Crippen LogP contribution in [0.4, 0.5) is 4.79 Å². The van der Waals surface area contributed by atoms with E-state index in [1.54, 1.807) is 18.2 Å². The summed E-state index contributed by atoms with van der Waals surface area (Å²) in [6, 6.07) is 15.1. The summed E-state index contributed by atoms with van der Waals surface area (Å²) in [5.41, 5.74) is 0.168. The lowest BCUT2D eigenvalue weighted by Gasteiger charge is -2.15. The molecule has 0 saturated carbocycles. The fourth-order valence-electron chi connectivity index (χ4n) is 2.14. The summed E-state index contributed by atoms with van der Waals surface area (Å²) in [5, 5.41) is 4.29. The van der Waals surface area contributed by atoms with Crippen LogP contribution in [0.5, 0.6) is 11.5 Å². The second-order valence-corrected chi connectivity index (χ2v) is 5.62. The zero-order chi connectivity index (χ0) is 20.4. The molecule has 0 aromatic heterocycles. The van der Waals surface area contributed by atoms with E-state index in [0.717, 1.165) is 5.75 Å². The molecule has 0 spiro atoms. The highest BCUT2D eigenvalue weighted by atomic mass is 16.6. The third-order valence-corrected chi connectivity index (χ3v) is 3.58. The van der Waals surface area contributed by atoms with E-state index in [4.69, 9.17) is 14.2 Å². The number of hydrogen-bond donors (Lipinski definition) is 2. The number of nitrogens with one attached hydrogen (secondary N) is 2. The molecule has 8 nitrogen and oxygen atoms in total. The lowest BCUT2D eigenvalue weighted by molar-refractivity contribution is -0.127. The van der Waals surface area contributed by atoms with Crippen molar-refractivity contribution in [2.45, 2.75) is 13.0 Å². The highest BCUT2D eigenvalue weighted by Gasteiger charge is 2.22. The zero-order valence-electron chi connectivity index (χ0n) is 15.6. The first-order valence-corrected chi connectivity index (χ1v) is 8.64. The molecule has 2 aromatic carbocycles. The van der Waals surface area contributed by atoms with Crippen molar-refractivity contribution in [3.63, 3.8) is 0 Å². The van der Waals surface area contributed by atoms with Gasteiger partial charge in [0.15, 0.2) is 6.10 Å². The molecule has 148 valence electrons. The predicted molar refractivity (Wildman–Crippen MR) is 101 cm³/mol. The third kappa shape index (κ3) is 6.31. The van der Waals surface area contributed by atoms with Crippen LogP contribution in [0.15, 0.2) is 54.6 Å². The lowest BCUT2D eigenvalue weighted by Crippen LogP contribution is -2.43. The molecule has 0 aliphatic carbocycles. The van der Waals surface area contributed by atoms with Crippen LogP contribution < -0.4 is 20.1 Å². The molecule has 2 N–H and O–H groups in total. The van der Waals surface area contributed by atoms with Crippen molar-refractivity contribution in [1.29, 1.82) is 0 Å². The number of rotatable bonds is 8. The van der Waals surface area contributed by atoms with Gasteiger partial charge in [0.25, 0.3) is 5.91 Å². The first-order valence-electron chi connectivity index (χ1n) is 8.64. The monoisotopic (exact) mass is 386 g/mol. The Labute approximate surface area is 162 Å². The Bertz CT molecular complexity index is 809. The minimum Gasteiger partial charge on any atom is -0.490 e. The number of para-hydroxylation sites is 2. The van der Waals surface area contributed by atoms with E-state index >= 15 is 0 Å². The van der Waals surface area contributed by atoms with E-state index in [-0.39, 0.29) is 12.2 Å². The molecule has 0 radical (unpaired) electrons. The van der Waals surface area contributed by atoms with Crippen LogP contribution in [0.3, 0.4) is 0 Å². The Hall–Kier alpha value is -3.55. The van der Waals surface area contributed by atoms with Gasteiger partial charge >= 0.3 is 12.0 Å². The Morgan fingerprint density at radius 2 is 1.57 bits per heavy atom. The van der Waals surface area contributed by atoms with E-state index in [1.807, 2.05) is 35.6 Å². The Balaban J connectivity index is 1.90. The topological polar surface area (TPSA) is 103 Å². The molecule has 8 heteroatoms. The smallest absolute Gasteiger partial charge is 0.342 e. The maximum absolute atomic E-state index is 12.4. The number of urea groups is 1. The quantitative estimate of drug-likeness (QED) is 0.532. The van der Waals surface area contributed by atoms with Crippen molar-refractivity contribution >= 4 is 17.9 Å². The van der Waals surface area contributed by atoms with Crippen LogP contribution in [0, 0.1) is 0 Å². The van der Waals surface area contributed by atoms with Gasteiger partial charge in [-0.2, -0.15) is 0 Å². The molecule has 2 aromatic rings. The summed E-state index contributed by atoms with van der Waals surface area (Å²) in [4.78, 5) is 35.4. The van der Waals surface area contributed by atoms with Crippen LogP contribution >= 0.6 is 0 Å². The van der Waals surface area contributed by atoms with Gasteiger partial charge in [-0.3, -0.25) is 10.1 Å². The SMILES string of the molecule is CNC(=O)NC(=O)[C@@H](C)OC(=O)c1ccccc1OCCOc1ccccc1. The minimum atomic E-state index is -1.15. The van der Waals surface area contributed by atoms with Crippen LogP contribution in [0.25, 0.3) is 0 Å². The second kappa shape index (κ2) is 10.6. The van der Waals surface area contributed by atoms with Crippen LogP contribution in [0.1, 0.15) is 17.3 Å². The fourth-order valence-corrected chi connectivity index (χ4v) is 2.14. The summed E-state index contributed by atoms with van der Waals surface area (Å²) in [6.07, 6.45) is -1.15. The molecule has 0 saturated heterocycles. The van der Waals surface area contributed by atoms with Gasteiger partial charge in [0.2, 0.25) is 0 Å². The molecule has 28 heavy (non-hydrogen) atoms. The predicted octanol–water partition coefficient (Wildman–Crippen LogP) is 2.15. The zero-order valence-corrected chi connectivity index (χ0v) is 15.6. The number of ether oxygens (including phenoxy) is 3. The van der Waals surface area contributed by atoms with Crippen molar-refractivity contribution in [3.05, 3.63) is 60.2 Å². The van der Waals surface area contributed by atoms with Gasteiger partial charge in [0.05, 0.1) is 0 Å². The summed E-state index contributed by atoms with van der Waals surface area (Å²) in [6.45, 7) is 1.87. The van der Waals surface area contributed by atoms with Crippen LogP contribution in [-0.2, 0) is 9.53 Å². The van der Waals surface area contributed by atoms with Gasteiger partial charge in [-0.1, -0.05) is 30.3 Å². The Kier molecular flexibility index (Phi) is 7.83. The van der Waals surface area contributed by atoms with E-state index in [9.17, 15) is 14.4 Å². The largest absolute Gasteiger partial charge is 0.490 e. The Morgan fingerprint density at radius 1 is 0.929 bits per heavy atom. The molecule has 0 fully saturated rings. The first kappa shape index (κ1) is 20.8. The normalized spacial score (nSPS) is 11.1. The second-order valence-electron chi connectivity index (χ2n) is 5.62. The van der Waals surface area contributed by atoms with Gasteiger partial charge < -0.3 is 19.5 Å². The highest BCUT2D eigenvalue weighted by molar-refractivity contribution is 5.99. The van der Waals surface area contributed by atoms with E-state index in [0.29, 0.717) is 12.4 Å². The van der Waals surface area contributed by atoms with Gasteiger partial charge in [-0.15, -0.1) is 0 Å². The Morgan fingerprint density at radius 3 is 2.29 bits per heavy atom. The molecule has 0 bridgehead atoms. The van der Waals surface area contributed by atoms with Gasteiger partial charge in [0, 0.05) is 7.05 Å². The molecule has 1 atom stereocenters.